The summed E-state index contributed by atoms with van der Waals surface area (Å²) in [5, 5.41) is 0. The van der Waals surface area contributed by atoms with Gasteiger partial charge in [-0.15, -0.1) is 0 Å². The lowest BCUT2D eigenvalue weighted by atomic mass is 9.80. The van der Waals surface area contributed by atoms with Gasteiger partial charge in [-0.3, -0.25) is 14.5 Å². The lowest BCUT2D eigenvalue weighted by Crippen LogP contribution is -2.34. The molecule has 0 saturated carbocycles. The van der Waals surface area contributed by atoms with Gasteiger partial charge in [0, 0.05) is 0 Å². The number of hydrogen-bond acceptors (Lipinski definition) is 5. The van der Waals surface area contributed by atoms with Crippen LogP contribution in [0.1, 0.15) is 37.4 Å². The van der Waals surface area contributed by atoms with Crippen molar-refractivity contribution in [2.75, 3.05) is 39.6 Å². The van der Waals surface area contributed by atoms with E-state index < -0.39 is 5.60 Å². The highest BCUT2D eigenvalue weighted by molar-refractivity contribution is 6.21. The molecular weight excluding hydrogens is 490 g/mol. The third-order valence-corrected chi connectivity index (χ3v) is 6.80. The molecule has 6 heteroatoms. The van der Waals surface area contributed by atoms with E-state index in [9.17, 15) is 9.59 Å². The predicted molar refractivity (Wildman–Crippen MR) is 149 cm³/mol. The SMILES string of the molecule is O=C1c2ccccc2C(=O)N1CCOCCOCCOC(c1ccccc1)(c1ccccc1)c1ccccc1. The average molecular weight is 522 g/mol. The fraction of sp³-hybridized carbons (Fsp3) is 0.212. The first kappa shape index (κ1) is 26.5. The van der Waals surface area contributed by atoms with Crippen LogP contribution in [0.4, 0.5) is 0 Å². The molecule has 0 saturated heterocycles. The maximum Gasteiger partial charge on any atom is 0.261 e. The van der Waals surface area contributed by atoms with Crippen LogP contribution in [0.15, 0.2) is 115 Å². The Bertz CT molecular complexity index is 1240. The molecule has 1 heterocycles. The Morgan fingerprint density at radius 1 is 0.487 bits per heavy atom. The van der Waals surface area contributed by atoms with Crippen LogP contribution in [0, 0.1) is 0 Å². The number of nitrogens with zero attached hydrogens (tertiary/aromatic N) is 1. The molecule has 39 heavy (non-hydrogen) atoms. The number of carbonyl (C=O) groups excluding carboxylic acids is 2. The van der Waals surface area contributed by atoms with Crippen LogP contribution in [-0.4, -0.2) is 56.3 Å². The van der Waals surface area contributed by atoms with E-state index in [2.05, 4.69) is 36.4 Å². The van der Waals surface area contributed by atoms with Crippen LogP contribution in [0.25, 0.3) is 0 Å². The molecule has 1 aliphatic heterocycles. The minimum atomic E-state index is -0.782. The maximum atomic E-state index is 12.4. The van der Waals surface area contributed by atoms with E-state index in [1.807, 2.05) is 54.6 Å². The van der Waals surface area contributed by atoms with E-state index in [0.717, 1.165) is 16.7 Å². The van der Waals surface area contributed by atoms with Gasteiger partial charge in [0.25, 0.3) is 11.8 Å². The van der Waals surface area contributed by atoms with Crippen molar-refractivity contribution in [2.24, 2.45) is 0 Å². The van der Waals surface area contributed by atoms with E-state index in [4.69, 9.17) is 14.2 Å². The third-order valence-electron chi connectivity index (χ3n) is 6.80. The Labute approximate surface area is 228 Å². The van der Waals surface area contributed by atoms with Gasteiger partial charge < -0.3 is 14.2 Å². The molecule has 0 N–H and O–H groups in total. The maximum absolute atomic E-state index is 12.4. The third kappa shape index (κ3) is 5.68. The number of imide groups is 1. The molecule has 5 rings (SSSR count). The number of carbonyl (C=O) groups is 2. The van der Waals surface area contributed by atoms with Crippen LogP contribution >= 0.6 is 0 Å². The molecule has 6 nitrogen and oxygen atoms in total. The van der Waals surface area contributed by atoms with Crippen LogP contribution in [0.2, 0.25) is 0 Å². The fourth-order valence-corrected chi connectivity index (χ4v) is 4.94. The van der Waals surface area contributed by atoms with Gasteiger partial charge in [0.1, 0.15) is 5.60 Å². The second-order valence-electron chi connectivity index (χ2n) is 9.16. The Kier molecular flexibility index (Phi) is 8.58. The van der Waals surface area contributed by atoms with E-state index in [1.165, 1.54) is 4.90 Å². The van der Waals surface area contributed by atoms with Gasteiger partial charge in [-0.05, 0) is 28.8 Å². The standard InChI is InChI=1S/C33H31NO5/c35-31-29-18-10-11-19-30(29)32(36)34(31)20-21-37-22-23-38-24-25-39-33(26-12-4-1-5-13-26,27-14-6-2-7-15-27)28-16-8-3-9-17-28/h1-19H,20-25H2. The molecule has 4 aromatic carbocycles. The zero-order valence-corrected chi connectivity index (χ0v) is 21.7. The van der Waals surface area contributed by atoms with Crippen LogP contribution in [-0.2, 0) is 19.8 Å². The topological polar surface area (TPSA) is 65.1 Å². The fourth-order valence-electron chi connectivity index (χ4n) is 4.94. The molecule has 0 unspecified atom stereocenters. The van der Waals surface area contributed by atoms with Gasteiger partial charge in [0.2, 0.25) is 0 Å². The molecular formula is C33H31NO5. The van der Waals surface area contributed by atoms with Crippen molar-refractivity contribution < 1.29 is 23.8 Å². The summed E-state index contributed by atoms with van der Waals surface area (Å²) in [6.07, 6.45) is 0. The van der Waals surface area contributed by atoms with Gasteiger partial charge in [-0.25, -0.2) is 0 Å². The number of benzene rings is 4. The average Bonchev–Trinajstić information content (AvgIpc) is 3.24. The molecule has 0 aromatic heterocycles. The van der Waals surface area contributed by atoms with Crippen molar-refractivity contribution in [3.05, 3.63) is 143 Å². The Morgan fingerprint density at radius 2 is 0.872 bits per heavy atom. The van der Waals surface area contributed by atoms with Crippen LogP contribution in [0.5, 0.6) is 0 Å². The summed E-state index contributed by atoms with van der Waals surface area (Å²) in [5.74, 6) is -0.544. The first-order chi connectivity index (χ1) is 19.2. The lowest BCUT2D eigenvalue weighted by molar-refractivity contribution is -0.0337. The van der Waals surface area contributed by atoms with Crippen LogP contribution in [0.3, 0.4) is 0 Å². The Hall–Kier alpha value is -4.10. The van der Waals surface area contributed by atoms with Gasteiger partial charge >= 0.3 is 0 Å². The molecule has 4 aromatic rings. The van der Waals surface area contributed by atoms with Crippen molar-refractivity contribution in [3.8, 4) is 0 Å². The Morgan fingerprint density at radius 3 is 1.33 bits per heavy atom. The highest BCUT2D eigenvalue weighted by atomic mass is 16.6. The summed E-state index contributed by atoms with van der Waals surface area (Å²) in [6, 6.07) is 37.5. The molecule has 0 bridgehead atoms. The molecule has 1 aliphatic rings. The van der Waals surface area contributed by atoms with Crippen molar-refractivity contribution in [1.82, 2.24) is 4.90 Å². The van der Waals surface area contributed by atoms with Gasteiger partial charge in [-0.1, -0.05) is 103 Å². The number of hydrogen-bond donors (Lipinski definition) is 0. The van der Waals surface area contributed by atoms with Gasteiger partial charge in [-0.2, -0.15) is 0 Å². The summed E-state index contributed by atoms with van der Waals surface area (Å²) in [5.41, 5.74) is 3.24. The summed E-state index contributed by atoms with van der Waals surface area (Å²) < 4.78 is 18.1. The molecule has 0 fully saturated rings. The summed E-state index contributed by atoms with van der Waals surface area (Å²) >= 11 is 0. The second-order valence-corrected chi connectivity index (χ2v) is 9.16. The largest absolute Gasteiger partial charge is 0.377 e. The number of amides is 2. The summed E-state index contributed by atoms with van der Waals surface area (Å²) in [6.45, 7) is 1.95. The molecule has 198 valence electrons. The highest BCUT2D eigenvalue weighted by Gasteiger charge is 2.37. The molecule has 2 amide bonds. The summed E-state index contributed by atoms with van der Waals surface area (Å²) in [7, 11) is 0. The Balaban J connectivity index is 1.13. The van der Waals surface area contributed by atoms with Crippen molar-refractivity contribution in [3.63, 3.8) is 0 Å². The zero-order valence-electron chi connectivity index (χ0n) is 21.7. The number of rotatable bonds is 13. The van der Waals surface area contributed by atoms with Crippen LogP contribution < -0.4 is 0 Å². The smallest absolute Gasteiger partial charge is 0.261 e. The van der Waals surface area contributed by atoms with Crippen molar-refractivity contribution >= 4 is 11.8 Å². The number of ether oxygens (including phenoxy) is 3. The quantitative estimate of drug-likeness (QED) is 0.135. The normalized spacial score (nSPS) is 13.1. The zero-order chi connectivity index (χ0) is 26.9. The van der Waals surface area contributed by atoms with E-state index in [0.29, 0.717) is 37.6 Å². The molecule has 0 atom stereocenters. The minimum absolute atomic E-state index is 0.212. The van der Waals surface area contributed by atoms with E-state index in [-0.39, 0.29) is 25.0 Å². The van der Waals surface area contributed by atoms with E-state index in [1.54, 1.807) is 24.3 Å². The van der Waals surface area contributed by atoms with Gasteiger partial charge in [0.05, 0.1) is 50.7 Å². The summed E-state index contributed by atoms with van der Waals surface area (Å²) in [4.78, 5) is 26.1. The predicted octanol–water partition coefficient (Wildman–Crippen LogP) is 5.32. The minimum Gasteiger partial charge on any atom is -0.377 e. The van der Waals surface area contributed by atoms with Crippen molar-refractivity contribution in [2.45, 2.75) is 5.60 Å². The first-order valence-electron chi connectivity index (χ1n) is 13.1. The number of fused-ring (bicyclic) bond motifs is 1. The second kappa shape index (κ2) is 12.6. The van der Waals surface area contributed by atoms with Crippen molar-refractivity contribution in [1.29, 1.82) is 0 Å². The molecule has 0 aliphatic carbocycles. The van der Waals surface area contributed by atoms with E-state index >= 15 is 0 Å². The first-order valence-corrected chi connectivity index (χ1v) is 13.1. The monoisotopic (exact) mass is 521 g/mol. The molecule has 0 spiro atoms. The van der Waals surface area contributed by atoms with Gasteiger partial charge in [0.15, 0.2) is 0 Å². The lowest BCUT2D eigenvalue weighted by Gasteiger charge is -2.36. The molecule has 0 radical (unpaired) electrons. The highest BCUT2D eigenvalue weighted by Crippen LogP contribution is 2.40.